The van der Waals surface area contributed by atoms with E-state index in [1.54, 1.807) is 0 Å². The fraction of sp³-hybridized carbons (Fsp3) is 0.500. The van der Waals surface area contributed by atoms with Gasteiger partial charge in [-0.2, -0.15) is 43.9 Å². The lowest BCUT2D eigenvalue weighted by molar-refractivity contribution is -0.489. The summed E-state index contributed by atoms with van der Waals surface area (Å²) in [5.41, 5.74) is -4.70. The van der Waals surface area contributed by atoms with Crippen LogP contribution >= 0.6 is 15.9 Å². The van der Waals surface area contributed by atoms with Gasteiger partial charge in [0.1, 0.15) is 7.85 Å². The van der Waals surface area contributed by atoms with Crippen LogP contribution < -0.4 is 11.2 Å². The quantitative estimate of drug-likeness (QED) is 0.379. The van der Waals surface area contributed by atoms with Gasteiger partial charge >= 0.3 is 29.6 Å². The average Bonchev–Trinajstić information content (AvgIpc) is 2.49. The van der Waals surface area contributed by atoms with Crippen LogP contribution in [0.2, 0.25) is 0 Å². The second-order valence-corrected chi connectivity index (χ2v) is 6.35. The minimum Gasteiger partial charge on any atom is -0.398 e. The molecule has 1 nitrogen and oxygen atoms in total. The molecule has 0 atom stereocenters. The zero-order chi connectivity index (χ0) is 20.7. The third-order valence-electron chi connectivity index (χ3n) is 4.00. The molecule has 26 heavy (non-hydrogen) atoms. The van der Waals surface area contributed by atoms with Crippen molar-refractivity contribution in [3.05, 3.63) is 22.2 Å². The number of benzene rings is 1. The van der Waals surface area contributed by atoms with Crippen LogP contribution in [0.3, 0.4) is 0 Å². The molecular weight excluding hydrogens is 458 g/mol. The van der Waals surface area contributed by atoms with Crippen LogP contribution in [-0.4, -0.2) is 37.5 Å². The summed E-state index contributed by atoms with van der Waals surface area (Å²) in [6.07, 6.45) is 0. The highest BCUT2D eigenvalue weighted by molar-refractivity contribution is 9.10. The maximum absolute atomic E-state index is 14.8. The number of anilines is 1. The fourth-order valence-electron chi connectivity index (χ4n) is 2.42. The van der Waals surface area contributed by atoms with Crippen molar-refractivity contribution < 1.29 is 48.3 Å². The molecule has 14 heteroatoms. The number of hydrogen-bond acceptors (Lipinski definition) is 1. The Hall–Kier alpha value is -1.21. The Morgan fingerprint density at radius 2 is 1.04 bits per heavy atom. The van der Waals surface area contributed by atoms with Crippen LogP contribution in [-0.2, 0) is 5.67 Å². The van der Waals surface area contributed by atoms with E-state index in [0.717, 1.165) is 0 Å². The van der Waals surface area contributed by atoms with Crippen LogP contribution in [0, 0.1) is 0 Å². The molecule has 1 saturated carbocycles. The van der Waals surface area contributed by atoms with Gasteiger partial charge in [0, 0.05) is 15.7 Å². The van der Waals surface area contributed by atoms with E-state index in [1.165, 1.54) is 0 Å². The van der Waals surface area contributed by atoms with E-state index in [-0.39, 0.29) is 12.1 Å². The number of nitrogen functional groups attached to an aromatic ring is 1. The summed E-state index contributed by atoms with van der Waals surface area (Å²) in [4.78, 5) is 0. The molecule has 0 aromatic heterocycles. The molecule has 0 saturated heterocycles. The molecule has 0 aliphatic heterocycles. The molecule has 0 unspecified atom stereocenters. The van der Waals surface area contributed by atoms with E-state index in [0.29, 0.717) is 0 Å². The van der Waals surface area contributed by atoms with Gasteiger partial charge in [0.2, 0.25) is 0 Å². The summed E-state index contributed by atoms with van der Waals surface area (Å²) in [6, 6.07) is -0.194. The first-order valence-corrected chi connectivity index (χ1v) is 7.04. The van der Waals surface area contributed by atoms with E-state index >= 15 is 0 Å². The molecule has 2 radical (unpaired) electrons. The van der Waals surface area contributed by atoms with Crippen molar-refractivity contribution in [2.45, 2.75) is 35.3 Å². The molecule has 2 N–H and O–H groups in total. The summed E-state index contributed by atoms with van der Waals surface area (Å²) >= 11 is 2.46. The summed E-state index contributed by atoms with van der Waals surface area (Å²) in [7, 11) is 5.12. The van der Waals surface area contributed by atoms with E-state index in [2.05, 4.69) is 15.9 Å². The Morgan fingerprint density at radius 1 is 0.692 bits per heavy atom. The first-order chi connectivity index (χ1) is 11.3. The number of alkyl halides is 11. The average molecular weight is 462 g/mol. The van der Waals surface area contributed by atoms with E-state index in [4.69, 9.17) is 13.6 Å². The molecule has 0 spiro atoms. The third-order valence-corrected chi connectivity index (χ3v) is 4.66. The zero-order valence-corrected chi connectivity index (χ0v) is 13.4. The highest BCUT2D eigenvalue weighted by atomic mass is 79.9. The van der Waals surface area contributed by atoms with Crippen LogP contribution in [0.15, 0.2) is 16.6 Å². The first kappa shape index (κ1) is 21.1. The highest BCUT2D eigenvalue weighted by Gasteiger charge is 3.01. The summed E-state index contributed by atoms with van der Waals surface area (Å²) in [6.45, 7) is 0. The maximum atomic E-state index is 14.8. The lowest BCUT2D eigenvalue weighted by Gasteiger charge is -2.52. The Morgan fingerprint density at radius 3 is 1.38 bits per heavy atom. The van der Waals surface area contributed by atoms with Gasteiger partial charge in [0.15, 0.2) is 0 Å². The number of hydrogen-bond donors (Lipinski definition) is 1. The second kappa shape index (κ2) is 5.19. The number of halogens is 12. The molecule has 1 aliphatic rings. The number of nitrogens with two attached hydrogens (primary N) is 1. The Kier molecular flexibility index (Phi) is 4.21. The Labute approximate surface area is 147 Å². The number of rotatable bonds is 1. The monoisotopic (exact) mass is 461 g/mol. The smallest absolute Gasteiger partial charge is 0.384 e. The summed E-state index contributed by atoms with van der Waals surface area (Å²) in [5, 5.41) is 0. The maximum Gasteiger partial charge on any atom is 0.384 e. The van der Waals surface area contributed by atoms with Gasteiger partial charge in [0.05, 0.1) is 0 Å². The van der Waals surface area contributed by atoms with Gasteiger partial charge in [0.25, 0.3) is 5.67 Å². The van der Waals surface area contributed by atoms with Crippen LogP contribution in [0.5, 0.6) is 0 Å². The lowest BCUT2D eigenvalue weighted by atomic mass is 9.68. The molecule has 1 aliphatic carbocycles. The van der Waals surface area contributed by atoms with E-state index in [1.807, 2.05) is 0 Å². The summed E-state index contributed by atoms with van der Waals surface area (Å²) in [5.74, 6) is -35.5. The highest BCUT2D eigenvalue weighted by Crippen LogP contribution is 2.72. The second-order valence-electron chi connectivity index (χ2n) is 5.49. The van der Waals surface area contributed by atoms with Crippen molar-refractivity contribution in [2.24, 2.45) is 0 Å². The van der Waals surface area contributed by atoms with Crippen LogP contribution in [0.25, 0.3) is 0 Å². The predicted octanol–water partition coefficient (Wildman–Crippen LogP) is 4.18. The minimum atomic E-state index is -7.26. The zero-order valence-electron chi connectivity index (χ0n) is 11.8. The molecule has 1 aromatic carbocycles. The molecule has 0 bridgehead atoms. The van der Waals surface area contributed by atoms with Crippen molar-refractivity contribution in [1.82, 2.24) is 0 Å². The molecule has 0 amide bonds. The molecule has 1 fully saturated rings. The first-order valence-electron chi connectivity index (χ1n) is 6.25. The SMILES string of the molecule is [B]c1cc(C2(F)C(F)(F)C(F)(F)C(F)(F)C(F)(F)C2(F)F)cc(Br)c1N. The van der Waals surface area contributed by atoms with Gasteiger partial charge in [-0.15, -0.1) is 0 Å². The van der Waals surface area contributed by atoms with Gasteiger partial charge < -0.3 is 5.73 Å². The predicted molar refractivity (Wildman–Crippen MR) is 71.5 cm³/mol. The molecule has 1 aromatic rings. The van der Waals surface area contributed by atoms with Gasteiger partial charge in [-0.05, 0) is 22.0 Å². The van der Waals surface area contributed by atoms with Crippen LogP contribution in [0.1, 0.15) is 5.56 Å². The van der Waals surface area contributed by atoms with Crippen LogP contribution in [0.4, 0.5) is 54.0 Å². The topological polar surface area (TPSA) is 26.0 Å². The Bertz CT molecular complexity index is 711. The van der Waals surface area contributed by atoms with Crippen molar-refractivity contribution in [2.75, 3.05) is 5.73 Å². The van der Waals surface area contributed by atoms with Crippen molar-refractivity contribution in [3.63, 3.8) is 0 Å². The standard InChI is InChI=1S/C12H4BBrF11N/c13-4-1-3(2-5(14)6(4)26)7(15)8(16,17)10(20,21)12(24,25)11(22,23)9(7,18)19/h1-2H,26H2. The molecule has 144 valence electrons. The van der Waals surface area contributed by atoms with Gasteiger partial charge in [-0.3, -0.25) is 0 Å². The molecule has 2 rings (SSSR count). The third kappa shape index (κ3) is 1.94. The van der Waals surface area contributed by atoms with Crippen molar-refractivity contribution in [1.29, 1.82) is 0 Å². The van der Waals surface area contributed by atoms with E-state index < -0.39 is 56.5 Å². The van der Waals surface area contributed by atoms with E-state index in [9.17, 15) is 48.3 Å². The van der Waals surface area contributed by atoms with Crippen molar-refractivity contribution in [3.8, 4) is 0 Å². The largest absolute Gasteiger partial charge is 0.398 e. The van der Waals surface area contributed by atoms with Gasteiger partial charge in [-0.1, -0.05) is 11.5 Å². The lowest BCUT2D eigenvalue weighted by Crippen LogP contribution is -2.82. The Balaban J connectivity index is 2.98. The molecular formula is C12H4BBrF11N. The minimum absolute atomic E-state index is 0.0524. The van der Waals surface area contributed by atoms with Crippen molar-refractivity contribution >= 4 is 34.9 Å². The van der Waals surface area contributed by atoms with Gasteiger partial charge in [-0.25, -0.2) is 4.39 Å². The normalized spacial score (nSPS) is 27.1. The fourth-order valence-corrected chi connectivity index (χ4v) is 2.90. The molecule has 0 heterocycles. The summed E-state index contributed by atoms with van der Waals surface area (Å²) < 4.78 is 150.